The van der Waals surface area contributed by atoms with Crippen molar-refractivity contribution in [1.29, 1.82) is 0 Å². The molecule has 1 aromatic heterocycles. The van der Waals surface area contributed by atoms with Crippen LogP contribution in [-0.4, -0.2) is 17.6 Å². The normalized spacial score (nSPS) is 10.7. The van der Waals surface area contributed by atoms with E-state index in [4.69, 9.17) is 4.74 Å². The number of pyridine rings is 1. The molecule has 0 aliphatic carbocycles. The Kier molecular flexibility index (Phi) is 4.90. The molecule has 0 saturated heterocycles. The summed E-state index contributed by atoms with van der Waals surface area (Å²) in [4.78, 5) is 24.5. The maximum absolute atomic E-state index is 12.5. The number of nitrogens with one attached hydrogen (secondary N) is 1. The summed E-state index contributed by atoms with van der Waals surface area (Å²) >= 11 is 3.37. The molecule has 3 rings (SSSR count). The van der Waals surface area contributed by atoms with Gasteiger partial charge in [-0.15, -0.1) is 0 Å². The highest BCUT2D eigenvalue weighted by molar-refractivity contribution is 9.10. The Morgan fingerprint density at radius 1 is 1.20 bits per heavy atom. The number of aromatic nitrogens is 1. The van der Waals surface area contributed by atoms with Gasteiger partial charge in [-0.1, -0.05) is 22.0 Å². The number of aryl methyl sites for hydroxylation is 1. The third kappa shape index (κ3) is 3.74. The molecule has 3 aromatic rings. The van der Waals surface area contributed by atoms with E-state index in [1.54, 1.807) is 23.9 Å². The van der Waals surface area contributed by atoms with Gasteiger partial charge in [0.1, 0.15) is 12.3 Å². The Bertz CT molecular complexity index is 1010. The summed E-state index contributed by atoms with van der Waals surface area (Å²) in [6, 6.07) is 12.5. The smallest absolute Gasteiger partial charge is 0.244 e. The van der Waals surface area contributed by atoms with Crippen LogP contribution >= 0.6 is 15.9 Å². The number of anilines is 1. The lowest BCUT2D eigenvalue weighted by Gasteiger charge is -2.13. The molecular formula is C19H17BrN2O3. The second kappa shape index (κ2) is 7.11. The SMILES string of the molecule is COc1ccc(C)cc1NC(=O)Cn1ccc(=O)c2cc(Br)ccc21. The van der Waals surface area contributed by atoms with Crippen LogP contribution < -0.4 is 15.5 Å². The fourth-order valence-electron chi connectivity index (χ4n) is 2.69. The van der Waals surface area contributed by atoms with E-state index in [9.17, 15) is 9.59 Å². The predicted octanol–water partition coefficient (Wildman–Crippen LogP) is 3.72. The Labute approximate surface area is 153 Å². The molecule has 0 saturated carbocycles. The highest BCUT2D eigenvalue weighted by Gasteiger charge is 2.10. The standard InChI is InChI=1S/C19H17BrN2O3/c1-12-3-6-18(25-2)15(9-12)21-19(24)11-22-8-7-17(23)14-10-13(20)4-5-16(14)22/h3-10H,11H2,1-2H3,(H,21,24). The number of carbonyl (C=O) groups is 1. The molecule has 1 amide bonds. The number of methoxy groups -OCH3 is 1. The second-order valence-electron chi connectivity index (χ2n) is 5.72. The highest BCUT2D eigenvalue weighted by atomic mass is 79.9. The van der Waals surface area contributed by atoms with Crippen molar-refractivity contribution in [1.82, 2.24) is 4.57 Å². The number of hydrogen-bond donors (Lipinski definition) is 1. The van der Waals surface area contributed by atoms with E-state index < -0.39 is 0 Å². The lowest BCUT2D eigenvalue weighted by Crippen LogP contribution is -2.20. The summed E-state index contributed by atoms with van der Waals surface area (Å²) in [6.45, 7) is 2.04. The summed E-state index contributed by atoms with van der Waals surface area (Å²) in [5, 5.41) is 3.44. The van der Waals surface area contributed by atoms with Crippen molar-refractivity contribution in [2.24, 2.45) is 0 Å². The van der Waals surface area contributed by atoms with Crippen LogP contribution in [-0.2, 0) is 11.3 Å². The largest absolute Gasteiger partial charge is 0.495 e. The monoisotopic (exact) mass is 400 g/mol. The number of hydrogen-bond acceptors (Lipinski definition) is 3. The number of carbonyl (C=O) groups excluding carboxylic acids is 1. The fourth-order valence-corrected chi connectivity index (χ4v) is 3.05. The molecule has 2 aromatic carbocycles. The van der Waals surface area contributed by atoms with Crippen LogP contribution in [0.5, 0.6) is 5.75 Å². The minimum absolute atomic E-state index is 0.0756. The van der Waals surface area contributed by atoms with Gasteiger partial charge in [0.15, 0.2) is 5.43 Å². The van der Waals surface area contributed by atoms with E-state index in [0.29, 0.717) is 22.3 Å². The first kappa shape index (κ1) is 17.2. The van der Waals surface area contributed by atoms with Crippen molar-refractivity contribution in [3.05, 3.63) is 68.9 Å². The van der Waals surface area contributed by atoms with Gasteiger partial charge < -0.3 is 14.6 Å². The summed E-state index contributed by atoms with van der Waals surface area (Å²) in [7, 11) is 1.56. The first-order valence-corrected chi connectivity index (χ1v) is 8.50. The molecule has 6 heteroatoms. The van der Waals surface area contributed by atoms with Gasteiger partial charge in [0.25, 0.3) is 0 Å². The molecule has 0 radical (unpaired) electrons. The number of fused-ring (bicyclic) bond motifs is 1. The van der Waals surface area contributed by atoms with E-state index in [1.165, 1.54) is 6.07 Å². The quantitative estimate of drug-likeness (QED) is 0.725. The zero-order chi connectivity index (χ0) is 18.0. The lowest BCUT2D eigenvalue weighted by atomic mass is 10.2. The maximum Gasteiger partial charge on any atom is 0.244 e. The fraction of sp³-hybridized carbons (Fsp3) is 0.158. The van der Waals surface area contributed by atoms with Crippen molar-refractivity contribution in [3.63, 3.8) is 0 Å². The summed E-state index contributed by atoms with van der Waals surface area (Å²) < 4.78 is 7.86. The van der Waals surface area contributed by atoms with Gasteiger partial charge in [0.05, 0.1) is 18.3 Å². The Hall–Kier alpha value is -2.60. The van der Waals surface area contributed by atoms with Gasteiger partial charge in [-0.2, -0.15) is 0 Å². The van der Waals surface area contributed by atoms with Crippen LogP contribution in [0.4, 0.5) is 5.69 Å². The summed E-state index contributed by atoms with van der Waals surface area (Å²) in [5.41, 5.74) is 2.28. The summed E-state index contributed by atoms with van der Waals surface area (Å²) in [6.07, 6.45) is 1.63. The molecule has 0 aliphatic heterocycles. The first-order chi connectivity index (χ1) is 12.0. The molecule has 0 aliphatic rings. The minimum Gasteiger partial charge on any atom is -0.495 e. The Morgan fingerprint density at radius 3 is 2.76 bits per heavy atom. The Morgan fingerprint density at radius 2 is 2.00 bits per heavy atom. The van der Waals surface area contributed by atoms with E-state index in [0.717, 1.165) is 10.0 Å². The van der Waals surface area contributed by atoms with Gasteiger partial charge in [-0.05, 0) is 42.8 Å². The minimum atomic E-state index is -0.197. The molecule has 5 nitrogen and oxygen atoms in total. The third-order valence-corrected chi connectivity index (χ3v) is 4.38. The number of benzene rings is 2. The zero-order valence-electron chi connectivity index (χ0n) is 13.9. The maximum atomic E-state index is 12.5. The van der Waals surface area contributed by atoms with Crippen molar-refractivity contribution in [3.8, 4) is 5.75 Å². The van der Waals surface area contributed by atoms with Crippen LogP contribution in [0.1, 0.15) is 5.56 Å². The number of nitrogens with zero attached hydrogens (tertiary/aromatic N) is 1. The van der Waals surface area contributed by atoms with E-state index in [-0.39, 0.29) is 17.9 Å². The molecule has 0 atom stereocenters. The molecule has 0 fully saturated rings. The van der Waals surface area contributed by atoms with Crippen molar-refractivity contribution >= 4 is 38.4 Å². The average molecular weight is 401 g/mol. The summed E-state index contributed by atoms with van der Waals surface area (Å²) in [5.74, 6) is 0.407. The molecule has 1 N–H and O–H groups in total. The Balaban J connectivity index is 1.89. The van der Waals surface area contributed by atoms with Gasteiger partial charge in [-0.3, -0.25) is 9.59 Å². The molecule has 25 heavy (non-hydrogen) atoms. The zero-order valence-corrected chi connectivity index (χ0v) is 15.5. The molecule has 0 unspecified atom stereocenters. The van der Waals surface area contributed by atoms with Crippen LogP contribution in [0.15, 0.2) is 57.9 Å². The topological polar surface area (TPSA) is 60.3 Å². The van der Waals surface area contributed by atoms with Crippen LogP contribution in [0.2, 0.25) is 0 Å². The van der Waals surface area contributed by atoms with Gasteiger partial charge in [-0.25, -0.2) is 0 Å². The van der Waals surface area contributed by atoms with E-state index in [1.807, 2.05) is 37.3 Å². The van der Waals surface area contributed by atoms with Gasteiger partial charge in [0.2, 0.25) is 5.91 Å². The van der Waals surface area contributed by atoms with Gasteiger partial charge >= 0.3 is 0 Å². The molecule has 128 valence electrons. The third-order valence-electron chi connectivity index (χ3n) is 3.88. The number of halogens is 1. The first-order valence-electron chi connectivity index (χ1n) is 7.71. The van der Waals surface area contributed by atoms with E-state index >= 15 is 0 Å². The van der Waals surface area contributed by atoms with Crippen molar-refractivity contribution in [2.75, 3.05) is 12.4 Å². The number of amides is 1. The number of rotatable bonds is 4. The van der Waals surface area contributed by atoms with Crippen LogP contribution in [0.25, 0.3) is 10.9 Å². The molecule has 0 spiro atoms. The number of ether oxygens (including phenoxy) is 1. The predicted molar refractivity (Wildman–Crippen MR) is 102 cm³/mol. The second-order valence-corrected chi connectivity index (χ2v) is 6.64. The lowest BCUT2D eigenvalue weighted by molar-refractivity contribution is -0.116. The van der Waals surface area contributed by atoms with Crippen LogP contribution in [0, 0.1) is 6.92 Å². The highest BCUT2D eigenvalue weighted by Crippen LogP contribution is 2.25. The average Bonchev–Trinajstić information content (AvgIpc) is 2.58. The molecule has 1 heterocycles. The van der Waals surface area contributed by atoms with Crippen LogP contribution in [0.3, 0.4) is 0 Å². The van der Waals surface area contributed by atoms with E-state index in [2.05, 4.69) is 21.2 Å². The van der Waals surface area contributed by atoms with Gasteiger partial charge in [0, 0.05) is 22.1 Å². The molecule has 0 bridgehead atoms. The molecular weight excluding hydrogens is 384 g/mol. The van der Waals surface area contributed by atoms with Crippen molar-refractivity contribution < 1.29 is 9.53 Å². The van der Waals surface area contributed by atoms with Crippen molar-refractivity contribution in [2.45, 2.75) is 13.5 Å².